The van der Waals surface area contributed by atoms with Crippen molar-refractivity contribution < 1.29 is 33.4 Å². The van der Waals surface area contributed by atoms with E-state index in [4.69, 9.17) is 14.2 Å². The van der Waals surface area contributed by atoms with Crippen molar-refractivity contribution in [2.75, 3.05) is 20.8 Å². The average molecular weight is 572 g/mol. The standard InChI is InChI=1S/C32H30NO7P/c1-4-40-31(36)28(34)26-21-14-22-33(26)27(30(35)38-2)29(32(37)39-3)41(23-15-8-5-9-16-23,24-17-10-6-11-18-24)25-19-12-7-13-20-25/h5-22,27H,4H2,1-3H3. The molecule has 9 heteroatoms. The van der Waals surface area contributed by atoms with E-state index >= 15 is 0 Å². The van der Waals surface area contributed by atoms with Gasteiger partial charge in [-0.25, -0.2) is 14.4 Å². The van der Waals surface area contributed by atoms with E-state index in [0.717, 1.165) is 15.9 Å². The Labute approximate surface area is 238 Å². The second-order valence-corrected chi connectivity index (χ2v) is 12.2. The third kappa shape index (κ3) is 5.52. The highest BCUT2D eigenvalue weighted by Crippen LogP contribution is 2.49. The van der Waals surface area contributed by atoms with Crippen LogP contribution >= 0.6 is 6.89 Å². The molecule has 3 aromatic carbocycles. The Balaban J connectivity index is 2.27. The number of ketones is 1. The third-order valence-corrected chi connectivity index (χ3v) is 11.0. The number of Topliss-reactive ketones (excluding diaryl/α,β-unsaturated/α-hetero) is 1. The molecular formula is C32H30NO7P. The van der Waals surface area contributed by atoms with E-state index in [2.05, 4.69) is 0 Å². The van der Waals surface area contributed by atoms with Gasteiger partial charge in [-0.1, -0.05) is 91.0 Å². The van der Waals surface area contributed by atoms with Gasteiger partial charge in [-0.2, -0.15) is 0 Å². The predicted octanol–water partition coefficient (Wildman–Crippen LogP) is 3.29. The summed E-state index contributed by atoms with van der Waals surface area (Å²) in [5, 5.41) is 2.40. The molecule has 0 fully saturated rings. The minimum absolute atomic E-state index is 0.00406. The van der Waals surface area contributed by atoms with Crippen LogP contribution in [0.15, 0.2) is 109 Å². The number of nitrogens with zero attached hydrogens (tertiary/aromatic N) is 1. The highest BCUT2D eigenvalue weighted by molar-refractivity contribution is 7.96. The smallest absolute Gasteiger partial charge is 0.381 e. The molecule has 0 aliphatic carbocycles. The molecule has 4 aromatic rings. The molecule has 0 aliphatic heterocycles. The summed E-state index contributed by atoms with van der Waals surface area (Å²) < 4.78 is 16.9. The zero-order valence-electron chi connectivity index (χ0n) is 22.9. The summed E-state index contributed by atoms with van der Waals surface area (Å²) in [7, 11) is 2.45. The predicted molar refractivity (Wildman–Crippen MR) is 159 cm³/mol. The molecule has 0 bridgehead atoms. The summed E-state index contributed by atoms with van der Waals surface area (Å²) in [5.41, 5.74) is -0.132. The van der Waals surface area contributed by atoms with Crippen LogP contribution in [0.1, 0.15) is 23.5 Å². The highest BCUT2D eigenvalue weighted by atomic mass is 31.2. The van der Waals surface area contributed by atoms with E-state index < -0.39 is 36.6 Å². The van der Waals surface area contributed by atoms with Crippen LogP contribution in [0.25, 0.3) is 0 Å². The molecule has 210 valence electrons. The van der Waals surface area contributed by atoms with Crippen molar-refractivity contribution in [1.82, 2.24) is 4.57 Å². The van der Waals surface area contributed by atoms with Crippen molar-refractivity contribution in [3.63, 3.8) is 0 Å². The van der Waals surface area contributed by atoms with Crippen molar-refractivity contribution in [2.45, 2.75) is 13.0 Å². The number of methoxy groups -OCH3 is 2. The first-order valence-corrected chi connectivity index (χ1v) is 14.7. The van der Waals surface area contributed by atoms with Gasteiger partial charge in [0.2, 0.25) is 0 Å². The number of carbonyl (C=O) groups is 4. The maximum Gasteiger partial charge on any atom is 0.381 e. The number of rotatable bonds is 10. The maximum absolute atomic E-state index is 14.1. The number of hydrogen-bond acceptors (Lipinski definition) is 7. The zero-order valence-corrected chi connectivity index (χ0v) is 23.8. The van der Waals surface area contributed by atoms with Gasteiger partial charge in [0.25, 0.3) is 5.78 Å². The number of aromatic nitrogens is 1. The first-order chi connectivity index (χ1) is 19.9. The van der Waals surface area contributed by atoms with Gasteiger partial charge >= 0.3 is 17.9 Å². The maximum atomic E-state index is 14.1. The van der Waals surface area contributed by atoms with Gasteiger partial charge in [0.15, 0.2) is 6.04 Å². The number of hydrogen-bond donors (Lipinski definition) is 0. The topological polar surface area (TPSA) is 101 Å². The van der Waals surface area contributed by atoms with E-state index in [1.807, 2.05) is 91.0 Å². The fourth-order valence-electron chi connectivity index (χ4n) is 4.94. The summed E-state index contributed by atoms with van der Waals surface area (Å²) in [6.07, 6.45) is 1.46. The van der Waals surface area contributed by atoms with Crippen LogP contribution in [-0.4, -0.2) is 54.4 Å². The molecule has 41 heavy (non-hydrogen) atoms. The van der Waals surface area contributed by atoms with Gasteiger partial charge in [-0.3, -0.25) is 4.79 Å². The van der Waals surface area contributed by atoms with Crippen LogP contribution in [0, 0.1) is 0 Å². The lowest BCUT2D eigenvalue weighted by molar-refractivity contribution is -0.144. The van der Waals surface area contributed by atoms with Crippen molar-refractivity contribution in [2.24, 2.45) is 0 Å². The number of ether oxygens (including phenoxy) is 3. The summed E-state index contributed by atoms with van der Waals surface area (Å²) in [5.74, 6) is -3.61. The first-order valence-electron chi connectivity index (χ1n) is 12.9. The minimum atomic E-state index is -3.19. The molecule has 0 spiro atoms. The van der Waals surface area contributed by atoms with Crippen molar-refractivity contribution in [3.05, 3.63) is 115 Å². The molecule has 0 saturated heterocycles. The van der Waals surface area contributed by atoms with E-state index in [1.165, 1.54) is 37.1 Å². The van der Waals surface area contributed by atoms with Crippen LogP contribution < -0.4 is 15.9 Å². The van der Waals surface area contributed by atoms with Gasteiger partial charge < -0.3 is 18.8 Å². The average Bonchev–Trinajstić information content (AvgIpc) is 3.51. The van der Waals surface area contributed by atoms with Crippen LogP contribution in [-0.2, 0) is 28.6 Å². The molecule has 1 atom stereocenters. The zero-order chi connectivity index (χ0) is 29.4. The van der Waals surface area contributed by atoms with Gasteiger partial charge in [0, 0.05) is 6.20 Å². The van der Waals surface area contributed by atoms with Crippen LogP contribution in [0.4, 0.5) is 0 Å². The molecule has 0 amide bonds. The first kappa shape index (κ1) is 29.3. The molecule has 0 radical (unpaired) electrons. The largest absolute Gasteiger partial charge is 0.467 e. The lowest BCUT2D eigenvalue weighted by Gasteiger charge is -2.34. The van der Waals surface area contributed by atoms with Crippen LogP contribution in [0.2, 0.25) is 0 Å². The minimum Gasteiger partial charge on any atom is -0.467 e. The fourth-order valence-corrected chi connectivity index (χ4v) is 9.49. The van der Waals surface area contributed by atoms with Crippen molar-refractivity contribution in [1.29, 1.82) is 0 Å². The SMILES string of the molecule is CCOC(=O)C(=O)c1cccn1C(C(=O)OC)C(C(=O)OC)=P(c1ccccc1)(c1ccccc1)c1ccccc1. The second-order valence-electron chi connectivity index (χ2n) is 8.83. The Hall–Kier alpha value is -4.68. The van der Waals surface area contributed by atoms with Crippen molar-refractivity contribution in [3.8, 4) is 0 Å². The quantitative estimate of drug-likeness (QED) is 0.0947. The molecule has 4 rings (SSSR count). The summed E-state index contributed by atoms with van der Waals surface area (Å²) in [6.45, 7) is -1.61. The van der Waals surface area contributed by atoms with Crippen LogP contribution in [0.5, 0.6) is 0 Å². The Bertz CT molecular complexity index is 1490. The lowest BCUT2D eigenvalue weighted by Crippen LogP contribution is -2.42. The molecule has 0 aliphatic rings. The Kier molecular flexibility index (Phi) is 9.37. The highest BCUT2D eigenvalue weighted by Gasteiger charge is 2.43. The molecule has 0 N–H and O–H groups in total. The molecular weight excluding hydrogens is 541 g/mol. The second kappa shape index (κ2) is 13.1. The van der Waals surface area contributed by atoms with Gasteiger partial charge in [0.05, 0.1) is 31.8 Å². The van der Waals surface area contributed by atoms with Gasteiger partial charge in [-0.15, -0.1) is 0 Å². The fraction of sp³-hybridized carbons (Fsp3) is 0.156. The lowest BCUT2D eigenvalue weighted by atomic mass is 10.1. The van der Waals surface area contributed by atoms with E-state index in [9.17, 15) is 19.2 Å². The summed E-state index contributed by atoms with van der Waals surface area (Å²) >= 11 is 0. The molecule has 1 unspecified atom stereocenters. The van der Waals surface area contributed by atoms with Gasteiger partial charge in [-0.05, 0) is 41.9 Å². The Morgan fingerprint density at radius 2 is 1.17 bits per heavy atom. The van der Waals surface area contributed by atoms with Crippen LogP contribution in [0.3, 0.4) is 0 Å². The number of carbonyl (C=O) groups excluding carboxylic acids is 4. The van der Waals surface area contributed by atoms with E-state index in [1.54, 1.807) is 6.92 Å². The number of benzene rings is 3. The van der Waals surface area contributed by atoms with Gasteiger partial charge in [0.1, 0.15) is 0 Å². The molecule has 8 nitrogen and oxygen atoms in total. The monoisotopic (exact) mass is 571 g/mol. The Morgan fingerprint density at radius 1 is 0.683 bits per heavy atom. The number of esters is 3. The molecule has 1 heterocycles. The van der Waals surface area contributed by atoms with E-state index in [0.29, 0.717) is 0 Å². The molecule has 0 saturated carbocycles. The normalized spacial score (nSPS) is 11.7. The molecule has 1 aromatic heterocycles. The van der Waals surface area contributed by atoms with E-state index in [-0.39, 0.29) is 17.6 Å². The Morgan fingerprint density at radius 3 is 1.59 bits per heavy atom. The van der Waals surface area contributed by atoms with Crippen molar-refractivity contribution >= 4 is 51.8 Å². The summed E-state index contributed by atoms with van der Waals surface area (Å²) in [4.78, 5) is 53.6. The third-order valence-electron chi connectivity index (χ3n) is 6.62. The summed E-state index contributed by atoms with van der Waals surface area (Å²) in [6, 6.07) is 29.7.